The number of hydrogen-bond acceptors (Lipinski definition) is 8. The zero-order chi connectivity index (χ0) is 23.1. The fourth-order valence-electron chi connectivity index (χ4n) is 3.02. The minimum absolute atomic E-state index is 0.125. The van der Waals surface area contributed by atoms with Crippen molar-refractivity contribution in [1.29, 1.82) is 0 Å². The highest BCUT2D eigenvalue weighted by Crippen LogP contribution is 2.34. The van der Waals surface area contributed by atoms with Crippen LogP contribution in [0.2, 0.25) is 0 Å². The molecule has 0 saturated carbocycles. The first-order valence-corrected chi connectivity index (χ1v) is 9.91. The lowest BCUT2D eigenvalue weighted by molar-refractivity contribution is -0.128. The molecule has 1 unspecified atom stereocenters. The van der Waals surface area contributed by atoms with Crippen LogP contribution in [0.3, 0.4) is 0 Å². The van der Waals surface area contributed by atoms with E-state index in [1.165, 1.54) is 17.3 Å². The average molecular weight is 435 g/mol. The molecule has 1 atom stereocenters. The van der Waals surface area contributed by atoms with Crippen LogP contribution < -0.4 is 21.1 Å². The van der Waals surface area contributed by atoms with Crippen molar-refractivity contribution in [2.75, 3.05) is 32.6 Å². The molecule has 32 heavy (non-hydrogen) atoms. The fourth-order valence-corrected chi connectivity index (χ4v) is 3.02. The zero-order valence-corrected chi connectivity index (χ0v) is 18.2. The number of hydrogen-bond donors (Lipinski definition) is 3. The van der Waals surface area contributed by atoms with Crippen molar-refractivity contribution < 1.29 is 14.3 Å². The maximum absolute atomic E-state index is 12.6. The van der Waals surface area contributed by atoms with Crippen LogP contribution in [0, 0.1) is 11.8 Å². The highest BCUT2D eigenvalue weighted by atomic mass is 16.5. The van der Waals surface area contributed by atoms with E-state index in [9.17, 15) is 9.59 Å². The van der Waals surface area contributed by atoms with E-state index in [0.717, 1.165) is 5.56 Å². The quantitative estimate of drug-likeness (QED) is 0.569. The Kier molecular flexibility index (Phi) is 7.02. The second kappa shape index (κ2) is 9.89. The van der Waals surface area contributed by atoms with E-state index < -0.39 is 11.4 Å². The summed E-state index contributed by atoms with van der Waals surface area (Å²) in [6.07, 6.45) is 2.87. The van der Waals surface area contributed by atoms with Crippen molar-refractivity contribution in [3.05, 3.63) is 47.9 Å². The SMILES string of the molecule is CNCC#CCOc1cnc(C(=O)Nc2cccc(C3(C)CC(=O)N(C)C(N)=N3)c2)cn1. The van der Waals surface area contributed by atoms with Gasteiger partial charge >= 0.3 is 0 Å². The van der Waals surface area contributed by atoms with Gasteiger partial charge in [0, 0.05) is 12.7 Å². The van der Waals surface area contributed by atoms with Crippen LogP contribution in [-0.4, -0.2) is 59.9 Å². The normalized spacial score (nSPS) is 17.8. The molecule has 0 fully saturated rings. The van der Waals surface area contributed by atoms with Crippen molar-refractivity contribution in [2.45, 2.75) is 18.9 Å². The van der Waals surface area contributed by atoms with Crippen LogP contribution in [0.1, 0.15) is 29.4 Å². The molecular formula is C22H25N7O3. The van der Waals surface area contributed by atoms with Crippen LogP contribution >= 0.6 is 0 Å². The molecule has 0 aliphatic carbocycles. The molecule has 1 aliphatic rings. The highest BCUT2D eigenvalue weighted by molar-refractivity contribution is 6.03. The van der Waals surface area contributed by atoms with Gasteiger partial charge in [-0.1, -0.05) is 24.0 Å². The molecule has 2 aromatic rings. The van der Waals surface area contributed by atoms with Gasteiger partial charge in [0.25, 0.3) is 5.91 Å². The second-order valence-electron chi connectivity index (χ2n) is 7.32. The summed E-state index contributed by atoms with van der Waals surface area (Å²) in [6.45, 7) is 2.58. The zero-order valence-electron chi connectivity index (χ0n) is 18.2. The van der Waals surface area contributed by atoms with Crippen molar-refractivity contribution in [3.63, 3.8) is 0 Å². The van der Waals surface area contributed by atoms with Gasteiger partial charge in [-0.05, 0) is 31.7 Å². The van der Waals surface area contributed by atoms with E-state index in [1.807, 2.05) is 13.0 Å². The summed E-state index contributed by atoms with van der Waals surface area (Å²) in [5.41, 5.74) is 6.50. The number of aliphatic imine (C=N–C) groups is 1. The fraction of sp³-hybridized carbons (Fsp3) is 0.318. The number of nitrogens with zero attached hydrogens (tertiary/aromatic N) is 4. The van der Waals surface area contributed by atoms with Crippen molar-refractivity contribution in [1.82, 2.24) is 20.2 Å². The Hall–Kier alpha value is -3.97. The summed E-state index contributed by atoms with van der Waals surface area (Å²) < 4.78 is 5.36. The molecule has 0 spiro atoms. The topological polar surface area (TPSA) is 135 Å². The van der Waals surface area contributed by atoms with Gasteiger partial charge in [-0.3, -0.25) is 14.5 Å². The third kappa shape index (κ3) is 5.39. The monoisotopic (exact) mass is 435 g/mol. The maximum atomic E-state index is 12.6. The van der Waals surface area contributed by atoms with Gasteiger partial charge in [0.1, 0.15) is 5.69 Å². The number of aromatic nitrogens is 2. The Morgan fingerprint density at radius 1 is 1.31 bits per heavy atom. The molecular weight excluding hydrogens is 410 g/mol. The number of nitrogens with two attached hydrogens (primary N) is 1. The molecule has 0 bridgehead atoms. The highest BCUT2D eigenvalue weighted by Gasteiger charge is 2.36. The van der Waals surface area contributed by atoms with E-state index in [-0.39, 0.29) is 36.5 Å². The Morgan fingerprint density at radius 3 is 2.81 bits per heavy atom. The third-order valence-electron chi connectivity index (χ3n) is 4.86. The number of ether oxygens (including phenoxy) is 1. The van der Waals surface area contributed by atoms with Crippen LogP contribution in [0.4, 0.5) is 5.69 Å². The van der Waals surface area contributed by atoms with E-state index in [1.54, 1.807) is 32.3 Å². The van der Waals surface area contributed by atoms with Gasteiger partial charge in [0.15, 0.2) is 12.6 Å². The molecule has 1 aromatic carbocycles. The number of anilines is 1. The summed E-state index contributed by atoms with van der Waals surface area (Å²) >= 11 is 0. The maximum Gasteiger partial charge on any atom is 0.275 e. The molecule has 10 nitrogen and oxygen atoms in total. The standard InChI is InChI=1S/C22H25N7O3/c1-22(12-19(30)29(3)21(23)28-22)15-7-6-8-16(11-15)27-20(31)17-13-26-18(14-25-17)32-10-5-4-9-24-2/h6-8,11,13-14,24H,9-10,12H2,1-3H3,(H2,23,28)(H,27,31). The average Bonchev–Trinajstić information content (AvgIpc) is 2.78. The van der Waals surface area contributed by atoms with Gasteiger partial charge in [-0.15, -0.1) is 0 Å². The first-order valence-electron chi connectivity index (χ1n) is 9.91. The largest absolute Gasteiger partial charge is 0.463 e. The van der Waals surface area contributed by atoms with Gasteiger partial charge < -0.3 is 21.1 Å². The molecule has 0 radical (unpaired) electrons. The van der Waals surface area contributed by atoms with Crippen LogP contribution in [-0.2, 0) is 10.3 Å². The first kappa shape index (κ1) is 22.7. The first-order chi connectivity index (χ1) is 15.3. The number of nitrogens with one attached hydrogen (secondary N) is 2. The summed E-state index contributed by atoms with van der Waals surface area (Å²) in [7, 11) is 3.40. The van der Waals surface area contributed by atoms with Crippen molar-refractivity contribution in [3.8, 4) is 17.7 Å². The predicted octanol–water partition coefficient (Wildman–Crippen LogP) is 0.723. The second-order valence-corrected chi connectivity index (χ2v) is 7.32. The lowest BCUT2D eigenvalue weighted by atomic mass is 9.87. The molecule has 2 amide bonds. The molecule has 10 heteroatoms. The lowest BCUT2D eigenvalue weighted by Gasteiger charge is -2.33. The van der Waals surface area contributed by atoms with E-state index in [2.05, 4.69) is 37.4 Å². The van der Waals surface area contributed by atoms with Crippen LogP contribution in [0.25, 0.3) is 0 Å². The summed E-state index contributed by atoms with van der Waals surface area (Å²) in [5, 5.41) is 5.69. The molecule has 2 heterocycles. The van der Waals surface area contributed by atoms with Gasteiger partial charge in [0.2, 0.25) is 11.8 Å². The van der Waals surface area contributed by atoms with Crippen molar-refractivity contribution in [2.24, 2.45) is 10.7 Å². The molecule has 1 aromatic heterocycles. The Balaban J connectivity index is 1.67. The number of benzene rings is 1. The summed E-state index contributed by atoms with van der Waals surface area (Å²) in [5.74, 6) is 5.57. The van der Waals surface area contributed by atoms with Gasteiger partial charge in [-0.2, -0.15) is 0 Å². The minimum atomic E-state index is -0.816. The van der Waals surface area contributed by atoms with Gasteiger partial charge in [0.05, 0.1) is 30.9 Å². The Bertz CT molecular complexity index is 1090. The molecule has 3 rings (SSSR count). The van der Waals surface area contributed by atoms with E-state index in [4.69, 9.17) is 10.5 Å². The number of carbonyl (C=O) groups is 2. The lowest BCUT2D eigenvalue weighted by Crippen LogP contribution is -2.47. The summed E-state index contributed by atoms with van der Waals surface area (Å²) in [4.78, 5) is 38.8. The number of rotatable bonds is 6. The van der Waals surface area contributed by atoms with Crippen molar-refractivity contribution >= 4 is 23.5 Å². The Labute approximate surface area is 186 Å². The molecule has 1 aliphatic heterocycles. The number of amides is 2. The Morgan fingerprint density at radius 2 is 2.12 bits per heavy atom. The third-order valence-corrected chi connectivity index (χ3v) is 4.86. The van der Waals surface area contributed by atoms with E-state index >= 15 is 0 Å². The molecule has 166 valence electrons. The van der Waals surface area contributed by atoms with Crippen LogP contribution in [0.15, 0.2) is 41.7 Å². The minimum Gasteiger partial charge on any atom is -0.463 e. The predicted molar refractivity (Wildman–Crippen MR) is 120 cm³/mol. The van der Waals surface area contributed by atoms with Gasteiger partial charge in [-0.25, -0.2) is 15.0 Å². The van der Waals surface area contributed by atoms with Crippen LogP contribution in [0.5, 0.6) is 5.88 Å². The number of carbonyl (C=O) groups excluding carboxylic acids is 2. The number of guanidine groups is 1. The summed E-state index contributed by atoms with van der Waals surface area (Å²) in [6, 6.07) is 7.13. The molecule has 0 saturated heterocycles. The smallest absolute Gasteiger partial charge is 0.275 e. The van der Waals surface area contributed by atoms with E-state index in [0.29, 0.717) is 12.2 Å². The molecule has 4 N–H and O–H groups in total.